The fourth-order valence-electron chi connectivity index (χ4n) is 5.08. The molecule has 1 atom stereocenters. The second kappa shape index (κ2) is 15.8. The van der Waals surface area contributed by atoms with Gasteiger partial charge in [-0.2, -0.15) is 17.6 Å². The van der Waals surface area contributed by atoms with Crippen molar-refractivity contribution in [3.63, 3.8) is 0 Å². The smallest absolute Gasteiger partial charge is 0.497 e. The van der Waals surface area contributed by atoms with Crippen LogP contribution in [-0.2, 0) is 19.0 Å². The van der Waals surface area contributed by atoms with Crippen LogP contribution in [0.5, 0.6) is 17.2 Å². The van der Waals surface area contributed by atoms with Gasteiger partial charge < -0.3 is 34.8 Å². The van der Waals surface area contributed by atoms with Crippen LogP contribution < -0.4 is 31.3 Å². The van der Waals surface area contributed by atoms with Crippen molar-refractivity contribution in [3.05, 3.63) is 52.9 Å². The number of esters is 1. The van der Waals surface area contributed by atoms with E-state index in [0.29, 0.717) is 0 Å². The van der Waals surface area contributed by atoms with E-state index >= 15 is 0 Å². The topological polar surface area (TPSA) is 155 Å². The second-order valence-corrected chi connectivity index (χ2v) is 13.7. The van der Waals surface area contributed by atoms with E-state index in [-0.39, 0.29) is 40.0 Å². The largest absolute Gasteiger partial charge is 0.573 e. The summed E-state index contributed by atoms with van der Waals surface area (Å²) in [5, 5.41) is 0.142. The molecule has 54 heavy (non-hydrogen) atoms. The molecule has 1 aromatic heterocycles. The molecule has 0 saturated carbocycles. The van der Waals surface area contributed by atoms with Gasteiger partial charge in [-0.05, 0) is 71.4 Å². The van der Waals surface area contributed by atoms with Crippen LogP contribution in [-0.4, -0.2) is 62.2 Å². The average molecular weight is 791 g/mol. The van der Waals surface area contributed by atoms with Crippen molar-refractivity contribution in [2.24, 2.45) is 16.9 Å². The number of hydrogen-bond acceptors (Lipinski definition) is 11. The Morgan fingerprint density at radius 1 is 0.759 bits per heavy atom. The van der Waals surface area contributed by atoms with E-state index in [9.17, 15) is 49.1 Å². The highest BCUT2D eigenvalue weighted by molar-refractivity contribution is 5.84. The molecule has 1 heterocycles. The van der Waals surface area contributed by atoms with Crippen LogP contribution in [0.15, 0.2) is 51.7 Å². The Hall–Kier alpha value is -4.27. The third-order valence-corrected chi connectivity index (χ3v) is 7.92. The van der Waals surface area contributed by atoms with Crippen LogP contribution in [0, 0.1) is 5.41 Å². The summed E-state index contributed by atoms with van der Waals surface area (Å²) < 4.78 is 155. The molecule has 0 amide bonds. The quantitative estimate of drug-likeness (QED) is 0.0564. The van der Waals surface area contributed by atoms with Crippen molar-refractivity contribution >= 4 is 16.9 Å². The Bertz CT molecular complexity index is 1840. The summed E-state index contributed by atoms with van der Waals surface area (Å²) in [6.07, 6.45) is -23.6. The third kappa shape index (κ3) is 12.4. The monoisotopic (exact) mass is 790 g/mol. The van der Waals surface area contributed by atoms with E-state index in [1.165, 1.54) is 52.1 Å². The fourth-order valence-corrected chi connectivity index (χ4v) is 5.08. The highest BCUT2D eigenvalue weighted by Gasteiger charge is 2.53. The molecule has 3 aromatic rings. The molecule has 0 fully saturated rings. The van der Waals surface area contributed by atoms with Crippen LogP contribution in [0.25, 0.3) is 22.1 Å². The highest BCUT2D eigenvalue weighted by Crippen LogP contribution is 2.40. The molecule has 0 spiro atoms. The predicted molar refractivity (Wildman–Crippen MR) is 173 cm³/mol. The standard InChI is InChI=1S/C34H39F9N2O9/c1-28(2,44)18-30(5,29(3,4)45)27(47)50-14-12-32(37,38)54-34(42,43)53-31(35,36)11-13-49-21-8-7-19-15-23(26(46)51-24(19)17-21)22-10-9-20(48-6)16-25(22)52-33(39,40)41/h7-10,15-17H,11-14,18,44-45H2,1-6H3. The Morgan fingerprint density at radius 3 is 1.87 bits per heavy atom. The first-order chi connectivity index (χ1) is 24.4. The van der Waals surface area contributed by atoms with Crippen LogP contribution in [0.1, 0.15) is 53.9 Å². The van der Waals surface area contributed by atoms with Crippen molar-refractivity contribution in [3.8, 4) is 28.4 Å². The van der Waals surface area contributed by atoms with Gasteiger partial charge in [0.05, 0.1) is 44.1 Å². The number of carbonyl (C=O) groups is 1. The number of halogens is 9. The minimum absolute atomic E-state index is 0.00544. The lowest BCUT2D eigenvalue weighted by atomic mass is 9.67. The summed E-state index contributed by atoms with van der Waals surface area (Å²) in [5.74, 6) is -2.05. The van der Waals surface area contributed by atoms with Gasteiger partial charge in [-0.1, -0.05) is 0 Å². The zero-order valence-electron chi connectivity index (χ0n) is 29.8. The van der Waals surface area contributed by atoms with E-state index in [2.05, 4.69) is 14.2 Å². The number of rotatable bonds is 18. The molecule has 4 N–H and O–H groups in total. The van der Waals surface area contributed by atoms with Crippen molar-refractivity contribution in [1.82, 2.24) is 0 Å². The van der Waals surface area contributed by atoms with Crippen molar-refractivity contribution in [2.75, 3.05) is 20.3 Å². The molecule has 20 heteroatoms. The van der Waals surface area contributed by atoms with E-state index in [1.54, 1.807) is 13.8 Å². The van der Waals surface area contributed by atoms with Gasteiger partial charge in [0, 0.05) is 34.2 Å². The Morgan fingerprint density at radius 2 is 1.33 bits per heavy atom. The van der Waals surface area contributed by atoms with E-state index in [1.807, 2.05) is 0 Å². The number of methoxy groups -OCH3 is 1. The Kier molecular flexibility index (Phi) is 12.9. The summed E-state index contributed by atoms with van der Waals surface area (Å²) in [6.45, 7) is 5.31. The lowest BCUT2D eigenvalue weighted by Gasteiger charge is -2.42. The lowest BCUT2D eigenvalue weighted by Crippen LogP contribution is -2.58. The van der Waals surface area contributed by atoms with E-state index in [0.717, 1.165) is 18.2 Å². The van der Waals surface area contributed by atoms with Gasteiger partial charge in [0.1, 0.15) is 22.8 Å². The molecule has 3 rings (SSSR count). The van der Waals surface area contributed by atoms with Gasteiger partial charge in [0.15, 0.2) is 0 Å². The number of hydrogen-bond donors (Lipinski definition) is 2. The first-order valence-electron chi connectivity index (χ1n) is 15.9. The van der Waals surface area contributed by atoms with Crippen molar-refractivity contribution in [2.45, 2.75) is 89.8 Å². The Labute approximate surface area is 302 Å². The third-order valence-electron chi connectivity index (χ3n) is 7.92. The predicted octanol–water partition coefficient (Wildman–Crippen LogP) is 7.71. The van der Waals surface area contributed by atoms with Gasteiger partial charge in [-0.15, -0.1) is 22.0 Å². The van der Waals surface area contributed by atoms with Crippen molar-refractivity contribution < 1.29 is 77.1 Å². The number of alkyl halides is 9. The number of nitrogens with two attached hydrogens (primary N) is 2. The lowest BCUT2D eigenvalue weighted by molar-refractivity contribution is -0.514. The van der Waals surface area contributed by atoms with Crippen molar-refractivity contribution in [1.29, 1.82) is 0 Å². The first kappa shape index (κ1) is 44.1. The zero-order valence-corrected chi connectivity index (χ0v) is 29.8. The van der Waals surface area contributed by atoms with Gasteiger partial charge in [0.25, 0.3) is 0 Å². The van der Waals surface area contributed by atoms with Crippen LogP contribution in [0.4, 0.5) is 39.5 Å². The molecular weight excluding hydrogens is 751 g/mol. The van der Waals surface area contributed by atoms with Gasteiger partial charge in [-0.3, -0.25) is 4.79 Å². The molecule has 0 radical (unpaired) electrons. The molecule has 0 aliphatic carbocycles. The fraction of sp³-hybridized carbons (Fsp3) is 0.529. The molecule has 0 aliphatic rings. The average Bonchev–Trinajstić information content (AvgIpc) is 2.97. The van der Waals surface area contributed by atoms with Gasteiger partial charge in [-0.25, -0.2) is 14.3 Å². The molecule has 11 nitrogen and oxygen atoms in total. The highest BCUT2D eigenvalue weighted by atomic mass is 19.4. The maximum Gasteiger partial charge on any atom is 0.573 e. The number of benzene rings is 2. The number of fused-ring (bicyclic) bond motifs is 1. The van der Waals surface area contributed by atoms with Crippen LogP contribution in [0.3, 0.4) is 0 Å². The molecule has 2 aromatic carbocycles. The second-order valence-electron chi connectivity index (χ2n) is 13.7. The molecular formula is C34H39F9N2O9. The van der Waals surface area contributed by atoms with Gasteiger partial charge >= 0.3 is 36.5 Å². The molecule has 0 saturated heterocycles. The first-order valence-corrected chi connectivity index (χ1v) is 15.9. The zero-order chi connectivity index (χ0) is 41.1. The summed E-state index contributed by atoms with van der Waals surface area (Å²) in [7, 11) is 1.20. The molecule has 1 unspecified atom stereocenters. The molecule has 302 valence electrons. The number of carbonyl (C=O) groups excluding carboxylic acids is 1. The maximum atomic E-state index is 14.3. The molecule has 0 bridgehead atoms. The maximum absolute atomic E-state index is 14.3. The summed E-state index contributed by atoms with van der Waals surface area (Å²) in [5.41, 5.74) is 6.42. The number of ether oxygens (including phenoxy) is 6. The summed E-state index contributed by atoms with van der Waals surface area (Å²) >= 11 is 0. The van der Waals surface area contributed by atoms with Crippen LogP contribution in [0.2, 0.25) is 0 Å². The molecule has 0 aliphatic heterocycles. The van der Waals surface area contributed by atoms with E-state index in [4.69, 9.17) is 30.1 Å². The summed E-state index contributed by atoms with van der Waals surface area (Å²) in [6, 6.07) is 7.94. The Balaban J connectivity index is 1.61. The minimum atomic E-state index is -5.53. The van der Waals surface area contributed by atoms with E-state index < -0.39 is 84.8 Å². The summed E-state index contributed by atoms with van der Waals surface area (Å²) in [4.78, 5) is 25.5. The minimum Gasteiger partial charge on any atom is -0.497 e. The SMILES string of the molecule is COc1ccc(-c2cc3ccc(OCCC(F)(F)OC(F)(F)OC(F)(F)CCOC(=O)C(C)(CC(C)(C)N)C(C)(C)N)cc3oc2=O)c(OC(F)(F)F)c1. The van der Waals surface area contributed by atoms with Gasteiger partial charge in [0.2, 0.25) is 0 Å². The van der Waals surface area contributed by atoms with Crippen LogP contribution >= 0.6 is 0 Å². The normalized spacial score (nSPS) is 14.5.